The Kier molecular flexibility index (Phi) is 5.41. The summed E-state index contributed by atoms with van der Waals surface area (Å²) in [6.45, 7) is 4.33. The largest absolute Gasteiger partial charge is 0.489 e. The van der Waals surface area contributed by atoms with Gasteiger partial charge in [0.2, 0.25) is 0 Å². The second kappa shape index (κ2) is 7.72. The number of anilines is 1. The summed E-state index contributed by atoms with van der Waals surface area (Å²) in [7, 11) is 0. The number of carbonyl (C=O) groups is 1. The number of halogens is 1. The fourth-order valence-electron chi connectivity index (χ4n) is 2.38. The highest BCUT2D eigenvalue weighted by atomic mass is 35.5. The van der Waals surface area contributed by atoms with Crippen LogP contribution < -0.4 is 10.1 Å². The van der Waals surface area contributed by atoms with Gasteiger partial charge in [-0.1, -0.05) is 35.9 Å². The zero-order valence-corrected chi connectivity index (χ0v) is 15.6. The third kappa shape index (κ3) is 4.21. The van der Waals surface area contributed by atoms with Gasteiger partial charge in [0.1, 0.15) is 12.4 Å². The lowest BCUT2D eigenvalue weighted by Gasteiger charge is -2.08. The molecule has 5 heteroatoms. The minimum atomic E-state index is -0.141. The molecule has 0 saturated carbocycles. The number of rotatable bonds is 5. The average molecular weight is 372 g/mol. The normalized spacial score (nSPS) is 10.5. The summed E-state index contributed by atoms with van der Waals surface area (Å²) in [5.74, 6) is 0.715. The summed E-state index contributed by atoms with van der Waals surface area (Å²) in [6.07, 6.45) is 0. The van der Waals surface area contributed by atoms with Crippen LogP contribution in [-0.2, 0) is 6.61 Å². The number of thiophene rings is 1. The Morgan fingerprint density at radius 3 is 2.76 bits per heavy atom. The van der Waals surface area contributed by atoms with Crippen molar-refractivity contribution in [2.24, 2.45) is 0 Å². The van der Waals surface area contributed by atoms with Crippen LogP contribution in [0.4, 0.5) is 5.69 Å². The van der Waals surface area contributed by atoms with Gasteiger partial charge in [-0.05, 0) is 54.6 Å². The minimum absolute atomic E-state index is 0.141. The van der Waals surface area contributed by atoms with Crippen LogP contribution in [0.15, 0.2) is 53.9 Å². The van der Waals surface area contributed by atoms with Crippen LogP contribution in [0.5, 0.6) is 5.75 Å². The van der Waals surface area contributed by atoms with Crippen molar-refractivity contribution in [1.82, 2.24) is 0 Å². The number of hydrogen-bond donors (Lipinski definition) is 1. The van der Waals surface area contributed by atoms with E-state index < -0.39 is 0 Å². The Morgan fingerprint density at radius 1 is 1.16 bits per heavy atom. The van der Waals surface area contributed by atoms with E-state index in [0.717, 1.165) is 28.1 Å². The summed E-state index contributed by atoms with van der Waals surface area (Å²) in [6, 6.07) is 15.2. The molecule has 0 aliphatic carbocycles. The molecule has 1 aromatic heterocycles. The lowest BCUT2D eigenvalue weighted by Crippen LogP contribution is -2.11. The molecule has 0 aliphatic heterocycles. The van der Waals surface area contributed by atoms with Gasteiger partial charge in [0.15, 0.2) is 0 Å². The van der Waals surface area contributed by atoms with E-state index in [9.17, 15) is 4.79 Å². The maximum atomic E-state index is 12.4. The molecule has 0 aliphatic rings. The summed E-state index contributed by atoms with van der Waals surface area (Å²) in [5, 5.41) is 5.49. The third-order valence-corrected chi connectivity index (χ3v) is 5.27. The maximum Gasteiger partial charge on any atom is 0.265 e. The average Bonchev–Trinajstić information content (AvgIpc) is 3.07. The molecule has 1 amide bonds. The van der Waals surface area contributed by atoms with E-state index in [1.807, 2.05) is 61.7 Å². The van der Waals surface area contributed by atoms with E-state index in [1.165, 1.54) is 11.3 Å². The van der Waals surface area contributed by atoms with Crippen LogP contribution in [0.25, 0.3) is 0 Å². The zero-order valence-electron chi connectivity index (χ0n) is 14.0. The molecule has 128 valence electrons. The van der Waals surface area contributed by atoms with Crippen molar-refractivity contribution < 1.29 is 9.53 Å². The van der Waals surface area contributed by atoms with Crippen molar-refractivity contribution in [3.05, 3.63) is 80.5 Å². The summed E-state index contributed by atoms with van der Waals surface area (Å²) in [4.78, 5) is 13.1. The smallest absolute Gasteiger partial charge is 0.265 e. The van der Waals surface area contributed by atoms with Crippen molar-refractivity contribution in [3.63, 3.8) is 0 Å². The third-order valence-electron chi connectivity index (χ3n) is 3.88. The van der Waals surface area contributed by atoms with Crippen LogP contribution in [0.3, 0.4) is 0 Å². The highest BCUT2D eigenvalue weighted by molar-refractivity contribution is 7.12. The van der Waals surface area contributed by atoms with Gasteiger partial charge < -0.3 is 10.1 Å². The molecule has 1 N–H and O–H groups in total. The topological polar surface area (TPSA) is 38.3 Å². The fourth-order valence-corrected chi connectivity index (χ4v) is 3.34. The first-order valence-electron chi connectivity index (χ1n) is 7.87. The number of hydrogen-bond acceptors (Lipinski definition) is 3. The predicted octanol–water partition coefficient (Wildman–Crippen LogP) is 5.85. The summed E-state index contributed by atoms with van der Waals surface area (Å²) < 4.78 is 5.83. The zero-order chi connectivity index (χ0) is 17.8. The molecule has 0 fully saturated rings. The molecular formula is C20H18ClNO2S. The number of amides is 1. The highest BCUT2D eigenvalue weighted by Crippen LogP contribution is 2.25. The van der Waals surface area contributed by atoms with E-state index in [0.29, 0.717) is 16.5 Å². The summed E-state index contributed by atoms with van der Waals surface area (Å²) >= 11 is 7.50. The van der Waals surface area contributed by atoms with Gasteiger partial charge in [0.05, 0.1) is 4.88 Å². The van der Waals surface area contributed by atoms with E-state index in [2.05, 4.69) is 5.32 Å². The van der Waals surface area contributed by atoms with Gasteiger partial charge in [-0.2, -0.15) is 0 Å². The van der Waals surface area contributed by atoms with E-state index in [4.69, 9.17) is 16.3 Å². The lowest BCUT2D eigenvalue weighted by molar-refractivity contribution is 0.103. The molecule has 0 radical (unpaired) electrons. The molecule has 1 heterocycles. The van der Waals surface area contributed by atoms with Gasteiger partial charge in [0, 0.05) is 16.3 Å². The first-order chi connectivity index (χ1) is 12.0. The Morgan fingerprint density at radius 2 is 1.96 bits per heavy atom. The number of aryl methyl sites for hydroxylation is 1. The van der Waals surface area contributed by atoms with Crippen molar-refractivity contribution in [3.8, 4) is 5.75 Å². The first-order valence-corrected chi connectivity index (χ1v) is 9.12. The molecule has 3 rings (SSSR count). The second-order valence-electron chi connectivity index (χ2n) is 5.74. The highest BCUT2D eigenvalue weighted by Gasteiger charge is 2.12. The van der Waals surface area contributed by atoms with Crippen LogP contribution in [0, 0.1) is 13.8 Å². The minimum Gasteiger partial charge on any atom is -0.489 e. The Bertz CT molecular complexity index is 904. The molecule has 0 spiro atoms. The van der Waals surface area contributed by atoms with Gasteiger partial charge in [0.25, 0.3) is 5.91 Å². The first kappa shape index (κ1) is 17.5. The predicted molar refractivity (Wildman–Crippen MR) is 104 cm³/mol. The van der Waals surface area contributed by atoms with Crippen molar-refractivity contribution in [1.29, 1.82) is 0 Å². The summed E-state index contributed by atoms with van der Waals surface area (Å²) in [5.41, 5.74) is 3.65. The van der Waals surface area contributed by atoms with Crippen LogP contribution in [0.1, 0.15) is 26.4 Å². The molecule has 2 aromatic carbocycles. The lowest BCUT2D eigenvalue weighted by atomic mass is 10.2. The molecule has 0 bridgehead atoms. The standard InChI is InChI=1S/C20H18ClNO2S/c1-13-6-3-4-9-18(13)24-11-15-10-19(25-12-15)20(23)22-17-8-5-7-16(21)14(17)2/h3-10,12H,11H2,1-2H3,(H,22,23). The fraction of sp³-hybridized carbons (Fsp3) is 0.150. The number of ether oxygens (including phenoxy) is 1. The van der Waals surface area contributed by atoms with Crippen molar-refractivity contribution >= 4 is 34.5 Å². The molecular weight excluding hydrogens is 354 g/mol. The van der Waals surface area contributed by atoms with E-state index in [1.54, 1.807) is 6.07 Å². The number of carbonyl (C=O) groups excluding carboxylic acids is 1. The van der Waals surface area contributed by atoms with Crippen LogP contribution in [-0.4, -0.2) is 5.91 Å². The molecule has 3 nitrogen and oxygen atoms in total. The van der Waals surface area contributed by atoms with Crippen molar-refractivity contribution in [2.45, 2.75) is 20.5 Å². The van der Waals surface area contributed by atoms with Gasteiger partial charge in [-0.25, -0.2) is 0 Å². The van der Waals surface area contributed by atoms with Gasteiger partial charge >= 0.3 is 0 Å². The maximum absolute atomic E-state index is 12.4. The Labute approximate surface area is 156 Å². The Balaban J connectivity index is 1.65. The quantitative estimate of drug-likeness (QED) is 0.610. The van der Waals surface area contributed by atoms with Gasteiger partial charge in [-0.3, -0.25) is 4.79 Å². The molecule has 0 unspecified atom stereocenters. The SMILES string of the molecule is Cc1ccccc1OCc1csc(C(=O)Nc2cccc(Cl)c2C)c1. The molecule has 0 atom stereocenters. The Hall–Kier alpha value is -2.30. The van der Waals surface area contributed by atoms with Crippen molar-refractivity contribution in [2.75, 3.05) is 5.32 Å². The van der Waals surface area contributed by atoms with E-state index in [-0.39, 0.29) is 5.91 Å². The monoisotopic (exact) mass is 371 g/mol. The number of nitrogens with one attached hydrogen (secondary N) is 1. The number of benzene rings is 2. The molecule has 0 saturated heterocycles. The molecule has 25 heavy (non-hydrogen) atoms. The second-order valence-corrected chi connectivity index (χ2v) is 7.06. The number of para-hydroxylation sites is 1. The van der Waals surface area contributed by atoms with Crippen LogP contribution in [0.2, 0.25) is 5.02 Å². The van der Waals surface area contributed by atoms with E-state index >= 15 is 0 Å². The van der Waals surface area contributed by atoms with Crippen LogP contribution >= 0.6 is 22.9 Å². The van der Waals surface area contributed by atoms with Gasteiger partial charge in [-0.15, -0.1) is 11.3 Å². The molecule has 3 aromatic rings.